The Hall–Kier alpha value is -1.79. The van der Waals surface area contributed by atoms with Gasteiger partial charge in [0.15, 0.2) is 5.78 Å². The molecular formula is C15H17N3O2S. The van der Waals surface area contributed by atoms with Gasteiger partial charge in [0, 0.05) is 0 Å². The van der Waals surface area contributed by atoms with E-state index in [9.17, 15) is 9.59 Å². The standard InChI is InChI=1S/C15H17N3O2S/c1-9-2-3-11-12(6-9)21-13(18-11)7-10(19)8-17-14(20)15(16)4-5-15/h2-3,6H,4-5,7-8,16H2,1H3,(H,17,20). The topological polar surface area (TPSA) is 85.1 Å². The molecule has 2 aromatic rings. The molecule has 0 saturated heterocycles. The van der Waals surface area contributed by atoms with E-state index < -0.39 is 5.54 Å². The van der Waals surface area contributed by atoms with Gasteiger partial charge >= 0.3 is 0 Å². The Morgan fingerprint density at radius 1 is 1.43 bits per heavy atom. The molecule has 1 aromatic heterocycles. The predicted molar refractivity (Wildman–Crippen MR) is 82.2 cm³/mol. The van der Waals surface area contributed by atoms with Crippen molar-refractivity contribution < 1.29 is 9.59 Å². The highest BCUT2D eigenvalue weighted by Crippen LogP contribution is 2.32. The first-order valence-corrected chi connectivity index (χ1v) is 7.73. The van der Waals surface area contributed by atoms with Gasteiger partial charge in [0.1, 0.15) is 5.01 Å². The Kier molecular flexibility index (Phi) is 3.51. The van der Waals surface area contributed by atoms with Crippen LogP contribution >= 0.6 is 11.3 Å². The van der Waals surface area contributed by atoms with Gasteiger partial charge in [-0.05, 0) is 37.5 Å². The quantitative estimate of drug-likeness (QED) is 0.872. The first-order valence-electron chi connectivity index (χ1n) is 6.91. The predicted octanol–water partition coefficient (Wildman–Crippen LogP) is 1.32. The van der Waals surface area contributed by atoms with Gasteiger partial charge in [-0.2, -0.15) is 0 Å². The van der Waals surface area contributed by atoms with E-state index in [1.165, 1.54) is 16.9 Å². The number of hydrogen-bond acceptors (Lipinski definition) is 5. The monoisotopic (exact) mass is 303 g/mol. The van der Waals surface area contributed by atoms with Gasteiger partial charge in [0.25, 0.3) is 0 Å². The highest BCUT2D eigenvalue weighted by molar-refractivity contribution is 7.18. The molecule has 3 N–H and O–H groups in total. The lowest BCUT2D eigenvalue weighted by Crippen LogP contribution is -2.44. The lowest BCUT2D eigenvalue weighted by molar-refractivity contribution is -0.126. The Morgan fingerprint density at radius 2 is 2.19 bits per heavy atom. The third-order valence-corrected chi connectivity index (χ3v) is 4.64. The molecule has 0 unspecified atom stereocenters. The molecule has 1 aromatic carbocycles. The highest BCUT2D eigenvalue weighted by Gasteiger charge is 2.45. The molecule has 0 aliphatic heterocycles. The molecule has 21 heavy (non-hydrogen) atoms. The van der Waals surface area contributed by atoms with E-state index in [1.54, 1.807) is 0 Å². The molecule has 1 saturated carbocycles. The molecule has 6 heteroatoms. The summed E-state index contributed by atoms with van der Waals surface area (Å²) in [6.45, 7) is 2.05. The van der Waals surface area contributed by atoms with E-state index in [0.717, 1.165) is 15.2 Å². The lowest BCUT2D eigenvalue weighted by Gasteiger charge is -2.08. The number of benzene rings is 1. The van der Waals surface area contributed by atoms with Crippen LogP contribution in [0.4, 0.5) is 0 Å². The number of nitrogens with one attached hydrogen (secondary N) is 1. The largest absolute Gasteiger partial charge is 0.347 e. The van der Waals surface area contributed by atoms with Crippen molar-refractivity contribution >= 4 is 33.2 Å². The fraction of sp³-hybridized carbons (Fsp3) is 0.400. The van der Waals surface area contributed by atoms with E-state index in [2.05, 4.69) is 16.4 Å². The second-order valence-corrected chi connectivity index (χ2v) is 6.75. The summed E-state index contributed by atoms with van der Waals surface area (Å²) in [6, 6.07) is 6.03. The van der Waals surface area contributed by atoms with Gasteiger partial charge in [-0.3, -0.25) is 9.59 Å². The van der Waals surface area contributed by atoms with Crippen LogP contribution in [0.2, 0.25) is 0 Å². The van der Waals surface area contributed by atoms with Crippen molar-refractivity contribution in [3.63, 3.8) is 0 Å². The van der Waals surface area contributed by atoms with Crippen molar-refractivity contribution in [2.45, 2.75) is 31.7 Å². The second-order valence-electron chi connectivity index (χ2n) is 5.63. The molecule has 1 aliphatic rings. The van der Waals surface area contributed by atoms with Gasteiger partial charge in [-0.25, -0.2) is 4.98 Å². The van der Waals surface area contributed by atoms with Crippen LogP contribution in [0.3, 0.4) is 0 Å². The van der Waals surface area contributed by atoms with Crippen LogP contribution in [0.15, 0.2) is 18.2 Å². The van der Waals surface area contributed by atoms with Crippen molar-refractivity contribution in [1.29, 1.82) is 0 Å². The van der Waals surface area contributed by atoms with Crippen LogP contribution in [0, 0.1) is 6.92 Å². The number of thiazole rings is 1. The van der Waals surface area contributed by atoms with Gasteiger partial charge < -0.3 is 11.1 Å². The Morgan fingerprint density at radius 3 is 2.90 bits per heavy atom. The maximum atomic E-state index is 11.9. The zero-order valence-corrected chi connectivity index (χ0v) is 12.6. The minimum absolute atomic E-state index is 0.0206. The number of nitrogens with zero attached hydrogens (tertiary/aromatic N) is 1. The fourth-order valence-corrected chi connectivity index (χ4v) is 3.20. The van der Waals surface area contributed by atoms with Crippen LogP contribution in [0.5, 0.6) is 0 Å². The van der Waals surface area contributed by atoms with Gasteiger partial charge in [-0.15, -0.1) is 11.3 Å². The minimum atomic E-state index is -0.729. The molecule has 0 radical (unpaired) electrons. The maximum Gasteiger partial charge on any atom is 0.240 e. The molecule has 110 valence electrons. The van der Waals surface area contributed by atoms with Gasteiger partial charge in [0.05, 0.1) is 28.7 Å². The third kappa shape index (κ3) is 3.11. The SMILES string of the molecule is Cc1ccc2nc(CC(=O)CNC(=O)C3(N)CC3)sc2c1. The smallest absolute Gasteiger partial charge is 0.240 e. The minimum Gasteiger partial charge on any atom is -0.347 e. The second kappa shape index (κ2) is 5.20. The van der Waals surface area contributed by atoms with Crippen LogP contribution in [-0.2, 0) is 16.0 Å². The van der Waals surface area contributed by atoms with E-state index in [-0.39, 0.29) is 24.7 Å². The molecule has 0 atom stereocenters. The maximum absolute atomic E-state index is 11.9. The van der Waals surface area contributed by atoms with E-state index in [0.29, 0.717) is 12.8 Å². The highest BCUT2D eigenvalue weighted by atomic mass is 32.1. The molecular weight excluding hydrogens is 286 g/mol. The lowest BCUT2D eigenvalue weighted by atomic mass is 10.2. The first-order chi connectivity index (χ1) is 9.96. The van der Waals surface area contributed by atoms with Crippen LogP contribution < -0.4 is 11.1 Å². The number of carbonyl (C=O) groups is 2. The summed E-state index contributed by atoms with van der Waals surface area (Å²) in [4.78, 5) is 28.0. The number of aromatic nitrogens is 1. The van der Waals surface area contributed by atoms with Crippen molar-refractivity contribution in [1.82, 2.24) is 10.3 Å². The van der Waals surface area contributed by atoms with Crippen LogP contribution in [0.25, 0.3) is 10.2 Å². The van der Waals surface area contributed by atoms with Crippen molar-refractivity contribution in [2.75, 3.05) is 6.54 Å². The van der Waals surface area contributed by atoms with Gasteiger partial charge in [-0.1, -0.05) is 6.07 Å². The van der Waals surface area contributed by atoms with Crippen molar-refractivity contribution in [2.24, 2.45) is 5.73 Å². The Bertz CT molecular complexity index is 719. The zero-order chi connectivity index (χ0) is 15.0. The van der Waals surface area contributed by atoms with E-state index in [4.69, 9.17) is 5.73 Å². The molecule has 1 amide bonds. The third-order valence-electron chi connectivity index (χ3n) is 3.62. The molecule has 5 nitrogen and oxygen atoms in total. The summed E-state index contributed by atoms with van der Waals surface area (Å²) in [5, 5.41) is 3.39. The van der Waals surface area contributed by atoms with E-state index >= 15 is 0 Å². The molecule has 1 fully saturated rings. The molecule has 0 spiro atoms. The fourth-order valence-electron chi connectivity index (χ4n) is 2.10. The molecule has 1 aliphatic carbocycles. The number of fused-ring (bicyclic) bond motifs is 1. The summed E-state index contributed by atoms with van der Waals surface area (Å²) < 4.78 is 1.08. The van der Waals surface area contributed by atoms with Crippen LogP contribution in [0.1, 0.15) is 23.4 Å². The first kappa shape index (κ1) is 14.2. The summed E-state index contributed by atoms with van der Waals surface area (Å²) in [6.07, 6.45) is 1.64. The van der Waals surface area contributed by atoms with E-state index in [1.807, 2.05) is 19.1 Å². The molecule has 3 rings (SSSR count). The Labute approximate surface area is 126 Å². The Balaban J connectivity index is 1.59. The summed E-state index contributed by atoms with van der Waals surface area (Å²) in [7, 11) is 0. The molecule has 1 heterocycles. The number of Topliss-reactive ketones (excluding diaryl/α,β-unsaturated/α-hetero) is 1. The number of rotatable bonds is 5. The average Bonchev–Trinajstić information content (AvgIpc) is 3.06. The summed E-state index contributed by atoms with van der Waals surface area (Å²) in [5.41, 5.74) is 7.12. The van der Waals surface area contributed by atoms with Crippen molar-refractivity contribution in [3.8, 4) is 0 Å². The number of aryl methyl sites for hydroxylation is 1. The number of amides is 1. The zero-order valence-electron chi connectivity index (χ0n) is 11.8. The van der Waals surface area contributed by atoms with Gasteiger partial charge in [0.2, 0.25) is 5.91 Å². The summed E-state index contributed by atoms with van der Waals surface area (Å²) in [5.74, 6) is -0.279. The normalized spacial score (nSPS) is 15.9. The van der Waals surface area contributed by atoms with Crippen LogP contribution in [-0.4, -0.2) is 28.8 Å². The summed E-state index contributed by atoms with van der Waals surface area (Å²) >= 11 is 1.52. The number of ketones is 1. The molecule has 0 bridgehead atoms. The number of carbonyl (C=O) groups excluding carboxylic acids is 2. The number of nitrogens with two attached hydrogens (primary N) is 1. The van der Waals surface area contributed by atoms with Crippen molar-refractivity contribution in [3.05, 3.63) is 28.8 Å². The average molecular weight is 303 g/mol. The number of hydrogen-bond donors (Lipinski definition) is 2.